The van der Waals surface area contributed by atoms with Crippen LogP contribution in [0.2, 0.25) is 0 Å². The number of nitrogens with one attached hydrogen (secondary N) is 4. The maximum Gasteiger partial charge on any atom is 0.315 e. The van der Waals surface area contributed by atoms with Crippen molar-refractivity contribution in [2.75, 3.05) is 26.2 Å². The molecule has 1 atom stereocenters. The fourth-order valence-corrected chi connectivity index (χ4v) is 3.37. The van der Waals surface area contributed by atoms with E-state index in [0.29, 0.717) is 12.6 Å². The molecule has 0 spiro atoms. The normalized spacial score (nSPS) is 20.0. The number of urea groups is 1. The fraction of sp³-hybridized carbons (Fsp3) is 0.588. The molecule has 6 heteroatoms. The molecule has 2 aliphatic rings. The van der Waals surface area contributed by atoms with Gasteiger partial charge >= 0.3 is 6.03 Å². The molecule has 126 valence electrons. The number of carbonyl (C=O) groups is 1. The Morgan fingerprint density at radius 1 is 1.30 bits per heavy atom. The summed E-state index contributed by atoms with van der Waals surface area (Å²) in [7, 11) is 0. The maximum absolute atomic E-state index is 12.0. The van der Waals surface area contributed by atoms with Gasteiger partial charge in [0.1, 0.15) is 0 Å². The summed E-state index contributed by atoms with van der Waals surface area (Å²) in [6, 6.07) is 9.14. The van der Waals surface area contributed by atoms with Gasteiger partial charge in [-0.05, 0) is 24.0 Å². The predicted molar refractivity (Wildman–Crippen MR) is 91.0 cm³/mol. The van der Waals surface area contributed by atoms with E-state index < -0.39 is 0 Å². The van der Waals surface area contributed by atoms with E-state index in [1.165, 1.54) is 11.1 Å². The molecule has 23 heavy (non-hydrogen) atoms. The van der Waals surface area contributed by atoms with Crippen molar-refractivity contribution in [1.82, 2.24) is 26.4 Å². The molecule has 6 nitrogen and oxygen atoms in total. The molecule has 2 amide bonds. The highest BCUT2D eigenvalue weighted by Crippen LogP contribution is 2.21. The van der Waals surface area contributed by atoms with E-state index in [1.54, 1.807) is 0 Å². The number of hydrogen-bond acceptors (Lipinski definition) is 4. The number of amides is 2. The largest absolute Gasteiger partial charge is 0.337 e. The van der Waals surface area contributed by atoms with Crippen LogP contribution in [0.15, 0.2) is 24.3 Å². The zero-order valence-electron chi connectivity index (χ0n) is 13.8. The maximum atomic E-state index is 12.0. The van der Waals surface area contributed by atoms with Crippen molar-refractivity contribution in [3.05, 3.63) is 35.4 Å². The van der Waals surface area contributed by atoms with Crippen LogP contribution in [0.25, 0.3) is 0 Å². The molecular weight excluding hydrogens is 290 g/mol. The molecule has 1 aromatic rings. The molecule has 4 N–H and O–H groups in total. The van der Waals surface area contributed by atoms with Crippen molar-refractivity contribution in [2.45, 2.75) is 38.4 Å². The van der Waals surface area contributed by atoms with E-state index in [0.717, 1.165) is 39.0 Å². The third-order valence-corrected chi connectivity index (χ3v) is 4.80. The van der Waals surface area contributed by atoms with Gasteiger partial charge in [-0.25, -0.2) is 4.79 Å². The summed E-state index contributed by atoms with van der Waals surface area (Å²) in [4.78, 5) is 14.5. The highest BCUT2D eigenvalue weighted by atomic mass is 16.2. The van der Waals surface area contributed by atoms with Gasteiger partial charge in [0, 0.05) is 38.8 Å². The first-order valence-electron chi connectivity index (χ1n) is 8.57. The van der Waals surface area contributed by atoms with Gasteiger partial charge in [-0.2, -0.15) is 0 Å². The number of carbonyl (C=O) groups excluding carboxylic acids is 1. The number of hydrogen-bond donors (Lipinski definition) is 4. The van der Waals surface area contributed by atoms with Crippen molar-refractivity contribution >= 4 is 6.03 Å². The average Bonchev–Trinajstić information content (AvgIpc) is 3.08. The first-order chi connectivity index (χ1) is 11.3. The third-order valence-electron chi connectivity index (χ3n) is 4.80. The minimum atomic E-state index is -0.0728. The van der Waals surface area contributed by atoms with Gasteiger partial charge in [0.25, 0.3) is 0 Å². The first kappa shape index (κ1) is 16.2. The molecule has 3 rings (SSSR count). The predicted octanol–water partition coefficient (Wildman–Crippen LogP) is 0.599. The summed E-state index contributed by atoms with van der Waals surface area (Å²) in [6.45, 7) is 6.47. The van der Waals surface area contributed by atoms with E-state index in [9.17, 15) is 4.79 Å². The lowest BCUT2D eigenvalue weighted by Crippen LogP contribution is -2.50. The molecule has 0 saturated carbocycles. The number of rotatable bonds is 5. The number of benzene rings is 1. The Balaban J connectivity index is 1.49. The van der Waals surface area contributed by atoms with Gasteiger partial charge in [-0.1, -0.05) is 31.2 Å². The second kappa shape index (κ2) is 7.77. The van der Waals surface area contributed by atoms with Crippen LogP contribution >= 0.6 is 0 Å². The minimum absolute atomic E-state index is 0.0728. The van der Waals surface area contributed by atoms with E-state index in [1.807, 2.05) is 0 Å². The van der Waals surface area contributed by atoms with Gasteiger partial charge in [0.15, 0.2) is 0 Å². The van der Waals surface area contributed by atoms with Crippen molar-refractivity contribution in [3.8, 4) is 0 Å². The van der Waals surface area contributed by atoms with Gasteiger partial charge < -0.3 is 10.6 Å². The monoisotopic (exact) mass is 317 g/mol. The van der Waals surface area contributed by atoms with Gasteiger partial charge in [0.2, 0.25) is 0 Å². The smallest absolute Gasteiger partial charge is 0.315 e. The van der Waals surface area contributed by atoms with Crippen LogP contribution < -0.4 is 21.5 Å². The summed E-state index contributed by atoms with van der Waals surface area (Å²) in [6.07, 6.45) is 2.13. The zero-order valence-corrected chi connectivity index (χ0v) is 13.8. The lowest BCUT2D eigenvalue weighted by atomic mass is 9.98. The Morgan fingerprint density at radius 3 is 2.78 bits per heavy atom. The van der Waals surface area contributed by atoms with Crippen LogP contribution in [0.3, 0.4) is 0 Å². The second-order valence-electron chi connectivity index (χ2n) is 6.36. The summed E-state index contributed by atoms with van der Waals surface area (Å²) < 4.78 is 0. The van der Waals surface area contributed by atoms with E-state index >= 15 is 0 Å². The topological polar surface area (TPSA) is 68.4 Å². The highest BCUT2D eigenvalue weighted by Gasteiger charge is 2.23. The molecule has 2 aliphatic heterocycles. The highest BCUT2D eigenvalue weighted by molar-refractivity contribution is 5.74. The summed E-state index contributed by atoms with van der Waals surface area (Å²) in [5, 5.41) is 6.02. The quantitative estimate of drug-likeness (QED) is 0.642. The Hall–Kier alpha value is -1.63. The number of fused-ring (bicyclic) bond motifs is 1. The van der Waals surface area contributed by atoms with Crippen molar-refractivity contribution < 1.29 is 4.79 Å². The van der Waals surface area contributed by atoms with Crippen molar-refractivity contribution in [1.29, 1.82) is 0 Å². The van der Waals surface area contributed by atoms with E-state index in [4.69, 9.17) is 0 Å². The van der Waals surface area contributed by atoms with Gasteiger partial charge in [-0.3, -0.25) is 15.8 Å². The van der Waals surface area contributed by atoms with Crippen molar-refractivity contribution in [2.24, 2.45) is 0 Å². The average molecular weight is 317 g/mol. The van der Waals surface area contributed by atoms with Crippen molar-refractivity contribution in [3.63, 3.8) is 0 Å². The Kier molecular flexibility index (Phi) is 5.48. The standard InChI is InChI=1S/C17H27N5O/c1-2-16(11-18-17(23)21-15-9-19-20-10-15)22-8-7-13-5-3-4-6-14(13)12-22/h3-6,15-16,19-20H,2,7-12H2,1H3,(H2,18,21,23). The Morgan fingerprint density at radius 2 is 2.04 bits per heavy atom. The molecule has 1 saturated heterocycles. The molecule has 1 unspecified atom stereocenters. The van der Waals surface area contributed by atoms with E-state index in [2.05, 4.69) is 57.6 Å². The molecule has 1 aromatic carbocycles. The van der Waals surface area contributed by atoms with Crippen LogP contribution in [0, 0.1) is 0 Å². The van der Waals surface area contributed by atoms with Crippen LogP contribution in [0.4, 0.5) is 4.79 Å². The minimum Gasteiger partial charge on any atom is -0.337 e. The molecule has 2 heterocycles. The molecule has 0 bridgehead atoms. The lowest BCUT2D eigenvalue weighted by Gasteiger charge is -2.35. The summed E-state index contributed by atoms with van der Waals surface area (Å²) >= 11 is 0. The molecule has 0 radical (unpaired) electrons. The summed E-state index contributed by atoms with van der Waals surface area (Å²) in [5.41, 5.74) is 8.91. The molecule has 0 aliphatic carbocycles. The molecular formula is C17H27N5O. The lowest BCUT2D eigenvalue weighted by molar-refractivity contribution is 0.169. The van der Waals surface area contributed by atoms with Crippen LogP contribution in [-0.4, -0.2) is 49.2 Å². The molecule has 0 aromatic heterocycles. The van der Waals surface area contributed by atoms with Gasteiger partial charge in [-0.15, -0.1) is 0 Å². The zero-order chi connectivity index (χ0) is 16.1. The van der Waals surface area contributed by atoms with E-state index in [-0.39, 0.29) is 12.1 Å². The Labute approximate surface area is 138 Å². The fourth-order valence-electron chi connectivity index (χ4n) is 3.37. The van der Waals surface area contributed by atoms with Crippen LogP contribution in [0.1, 0.15) is 24.5 Å². The Bertz CT molecular complexity index is 529. The first-order valence-corrected chi connectivity index (χ1v) is 8.57. The van der Waals surface area contributed by atoms with Crippen LogP contribution in [-0.2, 0) is 13.0 Å². The third kappa shape index (κ3) is 4.22. The SMILES string of the molecule is CCC(CNC(=O)NC1CNNC1)N1CCc2ccccc2C1. The summed E-state index contributed by atoms with van der Waals surface area (Å²) in [5.74, 6) is 0. The molecule has 1 fully saturated rings. The van der Waals surface area contributed by atoms with Crippen LogP contribution in [0.5, 0.6) is 0 Å². The van der Waals surface area contributed by atoms with Gasteiger partial charge in [0.05, 0.1) is 6.04 Å². The second-order valence-corrected chi connectivity index (χ2v) is 6.36. The number of nitrogens with zero attached hydrogens (tertiary/aromatic N) is 1. The number of hydrazine groups is 1.